The van der Waals surface area contributed by atoms with Crippen LogP contribution in [0.5, 0.6) is 11.5 Å². The summed E-state index contributed by atoms with van der Waals surface area (Å²) in [4.78, 5) is 12.6. The van der Waals surface area contributed by atoms with Gasteiger partial charge in [-0.05, 0) is 56.7 Å². The molecule has 0 saturated heterocycles. The van der Waals surface area contributed by atoms with E-state index in [1.165, 1.54) is 7.11 Å². The van der Waals surface area contributed by atoms with Gasteiger partial charge in [-0.1, -0.05) is 22.8 Å². The van der Waals surface area contributed by atoms with E-state index in [0.29, 0.717) is 40.1 Å². The van der Waals surface area contributed by atoms with Gasteiger partial charge in [-0.15, -0.1) is 0 Å². The van der Waals surface area contributed by atoms with Crippen molar-refractivity contribution in [2.24, 2.45) is 0 Å². The Hall–Kier alpha value is -2.99. The smallest absolute Gasteiger partial charge is 0.255 e. The van der Waals surface area contributed by atoms with Gasteiger partial charge in [0.05, 0.1) is 29.1 Å². The van der Waals surface area contributed by atoms with Crippen molar-refractivity contribution in [1.82, 2.24) is 5.16 Å². The molecule has 0 atom stereocenters. The molecule has 0 bridgehead atoms. The van der Waals surface area contributed by atoms with E-state index in [4.69, 9.17) is 25.6 Å². The average molecular weight is 401 g/mol. The lowest BCUT2D eigenvalue weighted by Gasteiger charge is -2.13. The Bertz CT molecular complexity index is 994. The van der Waals surface area contributed by atoms with Crippen molar-refractivity contribution < 1.29 is 18.8 Å². The molecule has 2 aromatic carbocycles. The number of rotatable bonds is 6. The van der Waals surface area contributed by atoms with Gasteiger partial charge in [-0.25, -0.2) is 0 Å². The van der Waals surface area contributed by atoms with Crippen LogP contribution in [0.2, 0.25) is 5.02 Å². The van der Waals surface area contributed by atoms with E-state index in [-0.39, 0.29) is 5.91 Å². The van der Waals surface area contributed by atoms with E-state index >= 15 is 0 Å². The minimum absolute atomic E-state index is 0.290. The van der Waals surface area contributed by atoms with Crippen molar-refractivity contribution in [3.8, 4) is 11.5 Å². The molecule has 1 amide bonds. The number of anilines is 1. The van der Waals surface area contributed by atoms with E-state index < -0.39 is 0 Å². The van der Waals surface area contributed by atoms with Crippen LogP contribution >= 0.6 is 11.6 Å². The van der Waals surface area contributed by atoms with E-state index in [1.54, 1.807) is 30.3 Å². The Morgan fingerprint density at radius 3 is 2.57 bits per heavy atom. The van der Waals surface area contributed by atoms with Gasteiger partial charge in [-0.3, -0.25) is 4.79 Å². The number of carbonyl (C=O) groups excluding carboxylic acids is 1. The maximum absolute atomic E-state index is 12.6. The van der Waals surface area contributed by atoms with Crippen molar-refractivity contribution in [2.75, 3.05) is 12.4 Å². The lowest BCUT2D eigenvalue weighted by molar-refractivity contribution is 0.102. The molecule has 0 fully saturated rings. The van der Waals surface area contributed by atoms with Crippen LogP contribution in [-0.2, 0) is 6.61 Å². The zero-order valence-electron chi connectivity index (χ0n) is 16.1. The molecule has 3 aromatic rings. The molecule has 0 saturated carbocycles. The van der Waals surface area contributed by atoms with E-state index in [0.717, 1.165) is 16.8 Å². The van der Waals surface area contributed by atoms with Gasteiger partial charge in [-0.2, -0.15) is 0 Å². The molecule has 28 heavy (non-hydrogen) atoms. The van der Waals surface area contributed by atoms with E-state index in [2.05, 4.69) is 10.5 Å². The van der Waals surface area contributed by atoms with E-state index in [1.807, 2.05) is 26.8 Å². The van der Waals surface area contributed by atoms with Crippen LogP contribution < -0.4 is 14.8 Å². The first-order chi connectivity index (χ1) is 13.4. The fourth-order valence-electron chi connectivity index (χ4n) is 2.70. The molecule has 0 radical (unpaired) electrons. The monoisotopic (exact) mass is 400 g/mol. The summed E-state index contributed by atoms with van der Waals surface area (Å²) in [5, 5.41) is 7.20. The molecular formula is C21H21ClN2O4. The largest absolute Gasteiger partial charge is 0.493 e. The molecule has 0 aliphatic heterocycles. The zero-order valence-corrected chi connectivity index (χ0v) is 16.9. The summed E-state index contributed by atoms with van der Waals surface area (Å²) >= 11 is 6.19. The second-order valence-electron chi connectivity index (χ2n) is 6.39. The third-order valence-electron chi connectivity index (χ3n) is 4.35. The molecule has 7 heteroatoms. The summed E-state index contributed by atoms with van der Waals surface area (Å²) in [6, 6.07) is 10.4. The number of nitrogens with one attached hydrogen (secondary N) is 1. The molecule has 0 spiro atoms. The van der Waals surface area contributed by atoms with Gasteiger partial charge in [0.15, 0.2) is 11.5 Å². The molecule has 0 aliphatic rings. The first kappa shape index (κ1) is 19.8. The lowest BCUT2D eigenvalue weighted by Crippen LogP contribution is -2.12. The molecule has 146 valence electrons. The molecule has 0 unspecified atom stereocenters. The van der Waals surface area contributed by atoms with Crippen LogP contribution in [0.25, 0.3) is 0 Å². The molecule has 1 aromatic heterocycles. The van der Waals surface area contributed by atoms with Crippen LogP contribution in [0.1, 0.15) is 32.9 Å². The lowest BCUT2D eigenvalue weighted by atomic mass is 10.1. The first-order valence-corrected chi connectivity index (χ1v) is 9.07. The van der Waals surface area contributed by atoms with Crippen LogP contribution in [0.4, 0.5) is 5.69 Å². The van der Waals surface area contributed by atoms with Crippen LogP contribution in [0.3, 0.4) is 0 Å². The number of methoxy groups -OCH3 is 1. The minimum Gasteiger partial charge on any atom is -0.493 e. The highest BCUT2D eigenvalue weighted by Gasteiger charge is 2.15. The Labute approximate surface area is 168 Å². The SMILES string of the molecule is COc1cc(C(=O)Nc2ccc(C)cc2Cl)ccc1OCc1c(C)noc1C. The number of aromatic nitrogens is 1. The Morgan fingerprint density at radius 1 is 1.14 bits per heavy atom. The fraction of sp³-hybridized carbons (Fsp3) is 0.238. The number of hydrogen-bond acceptors (Lipinski definition) is 5. The van der Waals surface area contributed by atoms with Gasteiger partial charge >= 0.3 is 0 Å². The molecule has 1 N–H and O–H groups in total. The third kappa shape index (κ3) is 4.28. The predicted octanol–water partition coefficient (Wildman–Crippen LogP) is 5.09. The Balaban J connectivity index is 1.75. The van der Waals surface area contributed by atoms with Gasteiger partial charge in [0.25, 0.3) is 5.91 Å². The van der Waals surface area contributed by atoms with E-state index in [9.17, 15) is 4.79 Å². The summed E-state index contributed by atoms with van der Waals surface area (Å²) < 4.78 is 16.4. The van der Waals surface area contributed by atoms with Crippen LogP contribution in [0.15, 0.2) is 40.9 Å². The summed E-state index contributed by atoms with van der Waals surface area (Å²) in [6.45, 7) is 5.92. The zero-order chi connectivity index (χ0) is 20.3. The van der Waals surface area contributed by atoms with Gasteiger partial charge in [0.2, 0.25) is 0 Å². The Kier molecular flexibility index (Phi) is 5.90. The normalized spacial score (nSPS) is 10.6. The number of halogens is 1. The number of aryl methyl sites for hydroxylation is 3. The topological polar surface area (TPSA) is 73.6 Å². The number of carbonyl (C=O) groups is 1. The number of amides is 1. The highest BCUT2D eigenvalue weighted by atomic mass is 35.5. The number of hydrogen-bond donors (Lipinski definition) is 1. The highest BCUT2D eigenvalue weighted by molar-refractivity contribution is 6.34. The quantitative estimate of drug-likeness (QED) is 0.623. The van der Waals surface area contributed by atoms with Crippen molar-refractivity contribution in [2.45, 2.75) is 27.4 Å². The van der Waals surface area contributed by atoms with Crippen molar-refractivity contribution in [1.29, 1.82) is 0 Å². The maximum Gasteiger partial charge on any atom is 0.255 e. The minimum atomic E-state index is -0.290. The summed E-state index contributed by atoms with van der Waals surface area (Å²) in [5.74, 6) is 1.39. The van der Waals surface area contributed by atoms with Crippen LogP contribution in [-0.4, -0.2) is 18.2 Å². The van der Waals surface area contributed by atoms with Crippen molar-refractivity contribution in [3.05, 3.63) is 69.6 Å². The average Bonchev–Trinajstić information content (AvgIpc) is 3.00. The summed E-state index contributed by atoms with van der Waals surface area (Å²) in [7, 11) is 1.52. The molecular weight excluding hydrogens is 380 g/mol. The van der Waals surface area contributed by atoms with Crippen LogP contribution in [0, 0.1) is 20.8 Å². The second-order valence-corrected chi connectivity index (χ2v) is 6.80. The van der Waals surface area contributed by atoms with Gasteiger partial charge in [0, 0.05) is 5.56 Å². The number of nitrogens with zero attached hydrogens (tertiary/aromatic N) is 1. The van der Waals surface area contributed by atoms with Crippen molar-refractivity contribution in [3.63, 3.8) is 0 Å². The Morgan fingerprint density at radius 2 is 1.93 bits per heavy atom. The van der Waals surface area contributed by atoms with Crippen molar-refractivity contribution >= 4 is 23.2 Å². The third-order valence-corrected chi connectivity index (χ3v) is 4.66. The predicted molar refractivity (Wildman–Crippen MR) is 107 cm³/mol. The molecule has 1 heterocycles. The summed E-state index contributed by atoms with van der Waals surface area (Å²) in [5.41, 5.74) is 3.66. The molecule has 6 nitrogen and oxygen atoms in total. The fourth-order valence-corrected chi connectivity index (χ4v) is 2.98. The molecule has 0 aliphatic carbocycles. The maximum atomic E-state index is 12.6. The van der Waals surface area contributed by atoms with Gasteiger partial charge < -0.3 is 19.3 Å². The standard InChI is InChI=1S/C21H21ClN2O4/c1-12-5-7-18(17(22)9-12)23-21(25)15-6-8-19(20(10-15)26-4)27-11-16-13(2)24-28-14(16)3/h5-10H,11H2,1-4H3,(H,23,25). The summed E-state index contributed by atoms with van der Waals surface area (Å²) in [6.07, 6.45) is 0. The number of ether oxygens (including phenoxy) is 2. The molecule has 3 rings (SSSR count). The highest BCUT2D eigenvalue weighted by Crippen LogP contribution is 2.30. The van der Waals surface area contributed by atoms with Gasteiger partial charge in [0.1, 0.15) is 12.4 Å². The second kappa shape index (κ2) is 8.35. The first-order valence-electron chi connectivity index (χ1n) is 8.69. The number of benzene rings is 2.